The average Bonchev–Trinajstić information content (AvgIpc) is 3.23. The van der Waals surface area contributed by atoms with Crippen molar-refractivity contribution < 1.29 is 14.3 Å². The number of rotatable bonds is 7. The summed E-state index contributed by atoms with van der Waals surface area (Å²) in [5, 5.41) is 2.84. The molecule has 1 saturated heterocycles. The zero-order valence-corrected chi connectivity index (χ0v) is 19.8. The largest absolute Gasteiger partial charge is 0.490 e. The number of nitrogens with zero attached hydrogens (tertiary/aromatic N) is 2. The van der Waals surface area contributed by atoms with Crippen LogP contribution in [0.3, 0.4) is 0 Å². The molecule has 6 heteroatoms. The summed E-state index contributed by atoms with van der Waals surface area (Å²) in [4.78, 5) is 19.3. The standard InChI is InChI=1S/C26H30N2O3S/c1-18-7-9-22(10-8-18)30-16-24-27-21(17-32-24)15-25(29)28-13-11-23(12-14-28)31-26-19(2)5-4-6-20(26)3/h4-10,17,23H,11-16H2,1-3H3. The molecule has 32 heavy (non-hydrogen) atoms. The van der Waals surface area contributed by atoms with Gasteiger partial charge in [-0.15, -0.1) is 11.3 Å². The molecular formula is C26H30N2O3S. The summed E-state index contributed by atoms with van der Waals surface area (Å²) >= 11 is 1.54. The molecule has 0 N–H and O–H groups in total. The number of ether oxygens (including phenoxy) is 2. The molecule has 1 aromatic heterocycles. The fourth-order valence-electron chi connectivity index (χ4n) is 3.92. The van der Waals surface area contributed by atoms with Crippen molar-refractivity contribution in [2.24, 2.45) is 0 Å². The highest BCUT2D eigenvalue weighted by molar-refractivity contribution is 7.09. The van der Waals surface area contributed by atoms with Crippen molar-refractivity contribution in [1.29, 1.82) is 0 Å². The first-order chi connectivity index (χ1) is 15.5. The molecule has 0 unspecified atom stereocenters. The molecule has 168 valence electrons. The molecule has 0 radical (unpaired) electrons. The van der Waals surface area contributed by atoms with Crippen LogP contribution in [-0.4, -0.2) is 35.0 Å². The second kappa shape index (κ2) is 10.2. The maximum atomic E-state index is 12.8. The van der Waals surface area contributed by atoms with Gasteiger partial charge in [0.2, 0.25) is 5.91 Å². The number of piperidine rings is 1. The molecule has 1 fully saturated rings. The van der Waals surface area contributed by atoms with Crippen LogP contribution in [0.2, 0.25) is 0 Å². The Hall–Kier alpha value is -2.86. The Kier molecular flexibility index (Phi) is 7.10. The van der Waals surface area contributed by atoms with E-state index in [9.17, 15) is 4.79 Å². The highest BCUT2D eigenvalue weighted by Crippen LogP contribution is 2.26. The van der Waals surface area contributed by atoms with Crippen LogP contribution in [0.25, 0.3) is 0 Å². The highest BCUT2D eigenvalue weighted by Gasteiger charge is 2.25. The van der Waals surface area contributed by atoms with Crippen molar-refractivity contribution in [2.75, 3.05) is 13.1 Å². The Balaban J connectivity index is 1.24. The molecule has 0 saturated carbocycles. The van der Waals surface area contributed by atoms with E-state index in [4.69, 9.17) is 9.47 Å². The van der Waals surface area contributed by atoms with Gasteiger partial charge in [0.1, 0.15) is 29.2 Å². The summed E-state index contributed by atoms with van der Waals surface area (Å²) in [6.07, 6.45) is 2.20. The van der Waals surface area contributed by atoms with E-state index in [-0.39, 0.29) is 12.0 Å². The summed E-state index contributed by atoms with van der Waals surface area (Å²) in [6.45, 7) is 8.07. The Morgan fingerprint density at radius 3 is 2.44 bits per heavy atom. The third kappa shape index (κ3) is 5.68. The monoisotopic (exact) mass is 450 g/mol. The zero-order chi connectivity index (χ0) is 22.5. The van der Waals surface area contributed by atoms with Crippen LogP contribution in [0.1, 0.15) is 40.2 Å². The number of carbonyl (C=O) groups excluding carboxylic acids is 1. The van der Waals surface area contributed by atoms with Crippen LogP contribution in [-0.2, 0) is 17.8 Å². The van der Waals surface area contributed by atoms with Gasteiger partial charge < -0.3 is 14.4 Å². The van der Waals surface area contributed by atoms with Crippen molar-refractivity contribution in [3.05, 3.63) is 75.2 Å². The van der Waals surface area contributed by atoms with Crippen molar-refractivity contribution in [1.82, 2.24) is 9.88 Å². The van der Waals surface area contributed by atoms with Crippen LogP contribution in [0.15, 0.2) is 47.8 Å². The van der Waals surface area contributed by atoms with Gasteiger partial charge in [-0.2, -0.15) is 0 Å². The minimum atomic E-state index is 0.131. The Labute approximate surface area is 194 Å². The van der Waals surface area contributed by atoms with Crippen molar-refractivity contribution in [3.8, 4) is 11.5 Å². The van der Waals surface area contributed by atoms with Gasteiger partial charge in [-0.3, -0.25) is 4.79 Å². The molecule has 1 amide bonds. The molecule has 4 rings (SSSR count). The van der Waals surface area contributed by atoms with E-state index in [0.717, 1.165) is 59.3 Å². The molecule has 3 aromatic rings. The van der Waals surface area contributed by atoms with Gasteiger partial charge in [0, 0.05) is 31.3 Å². The molecule has 0 atom stereocenters. The van der Waals surface area contributed by atoms with Gasteiger partial charge in [-0.1, -0.05) is 35.9 Å². The normalized spacial score (nSPS) is 14.4. The number of likely N-dealkylation sites (tertiary alicyclic amines) is 1. The SMILES string of the molecule is Cc1ccc(OCc2nc(CC(=O)N3CCC(Oc4c(C)cccc4C)CC3)cs2)cc1. The fraction of sp³-hybridized carbons (Fsp3) is 0.385. The number of benzene rings is 2. The predicted molar refractivity (Wildman–Crippen MR) is 127 cm³/mol. The Morgan fingerprint density at radius 1 is 1.06 bits per heavy atom. The molecule has 1 aliphatic rings. The number of aromatic nitrogens is 1. The van der Waals surface area contributed by atoms with E-state index >= 15 is 0 Å². The van der Waals surface area contributed by atoms with Crippen LogP contribution < -0.4 is 9.47 Å². The molecule has 0 bridgehead atoms. The first kappa shape index (κ1) is 22.3. The van der Waals surface area contributed by atoms with Gasteiger partial charge in [0.15, 0.2) is 0 Å². The maximum absolute atomic E-state index is 12.8. The summed E-state index contributed by atoms with van der Waals surface area (Å²) in [6, 6.07) is 14.2. The Bertz CT molecular complexity index is 1030. The third-order valence-electron chi connectivity index (χ3n) is 5.80. The van der Waals surface area contributed by atoms with Gasteiger partial charge in [0.05, 0.1) is 12.1 Å². The predicted octanol–water partition coefficient (Wildman–Crippen LogP) is 5.26. The first-order valence-corrected chi connectivity index (χ1v) is 12.0. The number of carbonyl (C=O) groups is 1. The van der Waals surface area contributed by atoms with E-state index in [0.29, 0.717) is 13.0 Å². The average molecular weight is 451 g/mol. The number of thiazole rings is 1. The lowest BCUT2D eigenvalue weighted by molar-refractivity contribution is -0.132. The zero-order valence-electron chi connectivity index (χ0n) is 19.0. The van der Waals surface area contributed by atoms with E-state index in [2.05, 4.69) is 44.0 Å². The molecule has 0 spiro atoms. The molecule has 5 nitrogen and oxygen atoms in total. The smallest absolute Gasteiger partial charge is 0.228 e. The van der Waals surface area contributed by atoms with Crippen LogP contribution >= 0.6 is 11.3 Å². The third-order valence-corrected chi connectivity index (χ3v) is 6.67. The lowest BCUT2D eigenvalue weighted by Crippen LogP contribution is -2.42. The number of hydrogen-bond acceptors (Lipinski definition) is 5. The quantitative estimate of drug-likeness (QED) is 0.493. The number of aryl methyl sites for hydroxylation is 3. The molecule has 0 aliphatic carbocycles. The molecule has 2 aromatic carbocycles. The number of amides is 1. The van der Waals surface area contributed by atoms with Gasteiger partial charge >= 0.3 is 0 Å². The summed E-state index contributed by atoms with van der Waals surface area (Å²) in [7, 11) is 0. The second-order valence-electron chi connectivity index (χ2n) is 8.43. The van der Waals surface area contributed by atoms with E-state index in [1.807, 2.05) is 34.5 Å². The molecule has 2 heterocycles. The van der Waals surface area contributed by atoms with Gasteiger partial charge in [0.25, 0.3) is 0 Å². The molecular weight excluding hydrogens is 420 g/mol. The minimum absolute atomic E-state index is 0.131. The lowest BCUT2D eigenvalue weighted by atomic mass is 10.1. The van der Waals surface area contributed by atoms with Crippen molar-refractivity contribution in [3.63, 3.8) is 0 Å². The van der Waals surface area contributed by atoms with Crippen molar-refractivity contribution in [2.45, 2.75) is 52.7 Å². The fourth-order valence-corrected chi connectivity index (χ4v) is 4.62. The second-order valence-corrected chi connectivity index (χ2v) is 9.37. The van der Waals surface area contributed by atoms with Crippen LogP contribution in [0.4, 0.5) is 0 Å². The van der Waals surface area contributed by atoms with E-state index < -0.39 is 0 Å². The Morgan fingerprint density at radius 2 is 1.75 bits per heavy atom. The summed E-state index contributed by atoms with van der Waals surface area (Å²) in [5.74, 6) is 1.95. The maximum Gasteiger partial charge on any atom is 0.228 e. The molecule has 1 aliphatic heterocycles. The highest BCUT2D eigenvalue weighted by atomic mass is 32.1. The van der Waals surface area contributed by atoms with Gasteiger partial charge in [-0.05, 0) is 44.0 Å². The van der Waals surface area contributed by atoms with Crippen molar-refractivity contribution >= 4 is 17.2 Å². The summed E-state index contributed by atoms with van der Waals surface area (Å²) < 4.78 is 12.1. The summed E-state index contributed by atoms with van der Waals surface area (Å²) in [5.41, 5.74) is 4.34. The van der Waals surface area contributed by atoms with Gasteiger partial charge in [-0.25, -0.2) is 4.98 Å². The lowest BCUT2D eigenvalue weighted by Gasteiger charge is -2.32. The number of hydrogen-bond donors (Lipinski definition) is 0. The van der Waals surface area contributed by atoms with E-state index in [1.165, 1.54) is 16.9 Å². The first-order valence-electron chi connectivity index (χ1n) is 11.1. The topological polar surface area (TPSA) is 51.7 Å². The van der Waals surface area contributed by atoms with Crippen LogP contribution in [0, 0.1) is 20.8 Å². The number of para-hydroxylation sites is 1. The van der Waals surface area contributed by atoms with Crippen LogP contribution in [0.5, 0.6) is 11.5 Å². The minimum Gasteiger partial charge on any atom is -0.490 e. The van der Waals surface area contributed by atoms with E-state index in [1.54, 1.807) is 0 Å².